The van der Waals surface area contributed by atoms with Gasteiger partial charge in [-0.3, -0.25) is 0 Å². The molecule has 0 aromatic carbocycles. The van der Waals surface area contributed by atoms with Crippen LogP contribution < -0.4 is 0 Å². The zero-order valence-corrected chi connectivity index (χ0v) is 21.5. The molecule has 0 saturated heterocycles. The van der Waals surface area contributed by atoms with Crippen molar-refractivity contribution in [1.82, 2.24) is 0 Å². The number of allylic oxidation sites excluding steroid dienone is 12. The standard InChI is InChI=1S/C30H50.2CH4/c1-25(2)15-11-19-29(7)23-13-21-27(5)17-9-10-18-28(6)22-14-24-30(8)20-12-16-26(3)4;;/h15-18,23-24H,9-14,19-22H2,1-8H3;2*1H4/b27-17+,28-18+,29-23+,30-24+;;. The smallest absolute Gasteiger partial charge is 0.0288 e. The summed E-state index contributed by atoms with van der Waals surface area (Å²) in [6.45, 7) is 17.8. The van der Waals surface area contributed by atoms with Crippen LogP contribution in [0.1, 0.15) is 134 Å². The second kappa shape index (κ2) is 22.6. The second-order valence-electron chi connectivity index (χ2n) is 9.50. The summed E-state index contributed by atoms with van der Waals surface area (Å²) in [5.41, 5.74) is 8.97. The van der Waals surface area contributed by atoms with Gasteiger partial charge in [-0.2, -0.15) is 0 Å². The predicted octanol–water partition coefficient (Wildman–Crippen LogP) is 11.9. The van der Waals surface area contributed by atoms with Gasteiger partial charge < -0.3 is 0 Å². The van der Waals surface area contributed by atoms with Gasteiger partial charge in [-0.25, -0.2) is 0 Å². The molecule has 0 fully saturated rings. The van der Waals surface area contributed by atoms with Crippen LogP contribution in [0.4, 0.5) is 0 Å². The van der Waals surface area contributed by atoms with Crippen LogP contribution in [0, 0.1) is 0 Å². The molecule has 0 spiro atoms. The number of hydrogen-bond acceptors (Lipinski definition) is 0. The van der Waals surface area contributed by atoms with Crippen LogP contribution in [-0.2, 0) is 0 Å². The molecule has 32 heavy (non-hydrogen) atoms. The van der Waals surface area contributed by atoms with Gasteiger partial charge in [-0.05, 0) is 120 Å². The Bertz CT molecular complexity index is 578. The largest absolute Gasteiger partial charge is 0.0856 e. The molecule has 0 rings (SSSR count). The summed E-state index contributed by atoms with van der Waals surface area (Å²) < 4.78 is 0. The van der Waals surface area contributed by atoms with Crippen molar-refractivity contribution in [2.75, 3.05) is 0 Å². The third-order valence-corrected chi connectivity index (χ3v) is 5.40. The lowest BCUT2D eigenvalue weighted by Crippen LogP contribution is -1.82. The molecular formula is C32H58. The molecule has 0 bridgehead atoms. The fraction of sp³-hybridized carbons (Fsp3) is 0.625. The van der Waals surface area contributed by atoms with Crippen LogP contribution in [-0.4, -0.2) is 0 Å². The van der Waals surface area contributed by atoms with Gasteiger partial charge >= 0.3 is 0 Å². The van der Waals surface area contributed by atoms with Gasteiger partial charge in [0.15, 0.2) is 0 Å². The van der Waals surface area contributed by atoms with Gasteiger partial charge in [0.05, 0.1) is 0 Å². The maximum atomic E-state index is 2.43. The summed E-state index contributed by atoms with van der Waals surface area (Å²) in [5, 5.41) is 0. The molecule has 0 unspecified atom stereocenters. The van der Waals surface area contributed by atoms with E-state index < -0.39 is 0 Å². The van der Waals surface area contributed by atoms with E-state index in [-0.39, 0.29) is 14.9 Å². The topological polar surface area (TPSA) is 0 Å². The van der Waals surface area contributed by atoms with E-state index in [0.717, 1.165) is 0 Å². The van der Waals surface area contributed by atoms with Crippen LogP contribution >= 0.6 is 0 Å². The summed E-state index contributed by atoms with van der Waals surface area (Å²) in [6, 6.07) is 0. The molecule has 0 radical (unpaired) electrons. The molecule has 0 aliphatic carbocycles. The van der Waals surface area contributed by atoms with Gasteiger partial charge in [0.2, 0.25) is 0 Å². The monoisotopic (exact) mass is 442 g/mol. The highest BCUT2D eigenvalue weighted by Crippen LogP contribution is 2.14. The maximum Gasteiger partial charge on any atom is -0.0288 e. The van der Waals surface area contributed by atoms with Crippen LogP contribution in [0.15, 0.2) is 69.9 Å². The van der Waals surface area contributed by atoms with Crippen molar-refractivity contribution in [3.63, 3.8) is 0 Å². The van der Waals surface area contributed by atoms with Crippen LogP contribution in [0.3, 0.4) is 0 Å². The Labute approximate surface area is 204 Å². The minimum absolute atomic E-state index is 0. The summed E-state index contributed by atoms with van der Waals surface area (Å²) in [4.78, 5) is 0. The van der Waals surface area contributed by atoms with Crippen LogP contribution in [0.2, 0.25) is 0 Å². The zero-order valence-electron chi connectivity index (χ0n) is 21.5. The third kappa shape index (κ3) is 24.7. The molecule has 0 saturated carbocycles. The van der Waals surface area contributed by atoms with Crippen molar-refractivity contribution in [1.29, 1.82) is 0 Å². The molecule has 0 amide bonds. The number of rotatable bonds is 15. The average Bonchev–Trinajstić information content (AvgIpc) is 2.64. The first-order valence-corrected chi connectivity index (χ1v) is 12.1. The van der Waals surface area contributed by atoms with E-state index in [9.17, 15) is 0 Å². The Kier molecular flexibility index (Phi) is 24.8. The van der Waals surface area contributed by atoms with Gasteiger partial charge in [0.25, 0.3) is 0 Å². The van der Waals surface area contributed by atoms with Crippen molar-refractivity contribution < 1.29 is 0 Å². The van der Waals surface area contributed by atoms with E-state index in [2.05, 4.69) is 91.8 Å². The number of hydrogen-bond donors (Lipinski definition) is 0. The predicted molar refractivity (Wildman–Crippen MR) is 154 cm³/mol. The summed E-state index contributed by atoms with van der Waals surface area (Å²) in [6.07, 6.45) is 26.2. The molecule has 0 aromatic heterocycles. The Balaban J connectivity index is -0.00000420. The van der Waals surface area contributed by atoms with Crippen molar-refractivity contribution >= 4 is 0 Å². The molecule has 0 aromatic rings. The van der Waals surface area contributed by atoms with Crippen molar-refractivity contribution in [2.45, 2.75) is 134 Å². The summed E-state index contributed by atoms with van der Waals surface area (Å²) >= 11 is 0. The molecule has 0 aliphatic heterocycles. The van der Waals surface area contributed by atoms with Gasteiger partial charge in [0, 0.05) is 0 Å². The van der Waals surface area contributed by atoms with E-state index in [4.69, 9.17) is 0 Å². The SMILES string of the molecule is C.C.CC(C)=CCC/C(C)=C/CC/C(C)=C/CC/C=C(\C)CC/C=C(\C)CCC=C(C)C. The van der Waals surface area contributed by atoms with Crippen molar-refractivity contribution in [3.8, 4) is 0 Å². The first-order chi connectivity index (χ1) is 14.2. The van der Waals surface area contributed by atoms with E-state index in [0.29, 0.717) is 0 Å². The Morgan fingerprint density at radius 3 is 0.812 bits per heavy atom. The second-order valence-corrected chi connectivity index (χ2v) is 9.50. The summed E-state index contributed by atoms with van der Waals surface area (Å²) in [5.74, 6) is 0. The highest BCUT2D eigenvalue weighted by molar-refractivity contribution is 5.08. The van der Waals surface area contributed by atoms with E-state index in [1.165, 1.54) is 97.6 Å². The number of unbranched alkanes of at least 4 members (excludes halogenated alkanes) is 1. The van der Waals surface area contributed by atoms with Crippen LogP contribution in [0.5, 0.6) is 0 Å². The first kappa shape index (κ1) is 35.0. The quantitative estimate of drug-likeness (QED) is 0.175. The lowest BCUT2D eigenvalue weighted by molar-refractivity contribution is 0.896. The molecule has 186 valence electrons. The van der Waals surface area contributed by atoms with E-state index in [1.807, 2.05) is 0 Å². The Morgan fingerprint density at radius 1 is 0.344 bits per heavy atom. The molecule has 0 N–H and O–H groups in total. The third-order valence-electron chi connectivity index (χ3n) is 5.40. The first-order valence-electron chi connectivity index (χ1n) is 12.1. The highest BCUT2D eigenvalue weighted by atomic mass is 14.0. The van der Waals surface area contributed by atoms with E-state index >= 15 is 0 Å². The molecule has 0 atom stereocenters. The highest BCUT2D eigenvalue weighted by Gasteiger charge is 1.94. The lowest BCUT2D eigenvalue weighted by atomic mass is 10.0. The summed E-state index contributed by atoms with van der Waals surface area (Å²) in [7, 11) is 0. The van der Waals surface area contributed by atoms with Gasteiger partial charge in [-0.15, -0.1) is 0 Å². The molecular weight excluding hydrogens is 384 g/mol. The minimum atomic E-state index is 0. The van der Waals surface area contributed by atoms with Crippen molar-refractivity contribution in [3.05, 3.63) is 69.9 Å². The van der Waals surface area contributed by atoms with E-state index in [1.54, 1.807) is 0 Å². The van der Waals surface area contributed by atoms with Crippen molar-refractivity contribution in [2.24, 2.45) is 0 Å². The maximum absolute atomic E-state index is 2.43. The fourth-order valence-corrected chi connectivity index (χ4v) is 3.34. The van der Waals surface area contributed by atoms with Crippen LogP contribution in [0.25, 0.3) is 0 Å². The fourth-order valence-electron chi connectivity index (χ4n) is 3.34. The normalized spacial score (nSPS) is 12.6. The molecule has 0 heteroatoms. The zero-order chi connectivity index (χ0) is 22.8. The molecule has 0 nitrogen and oxygen atoms in total. The van der Waals surface area contributed by atoms with Gasteiger partial charge in [0.1, 0.15) is 0 Å². The Hall–Kier alpha value is -1.56. The lowest BCUT2D eigenvalue weighted by Gasteiger charge is -2.02. The average molecular weight is 443 g/mol. The molecule has 0 heterocycles. The molecule has 0 aliphatic rings. The minimum Gasteiger partial charge on any atom is -0.0856 e. The van der Waals surface area contributed by atoms with Gasteiger partial charge in [-0.1, -0.05) is 84.7 Å². The Morgan fingerprint density at radius 2 is 0.562 bits per heavy atom.